The van der Waals surface area contributed by atoms with Crippen molar-refractivity contribution in [1.82, 2.24) is 10.6 Å². The molecule has 0 heterocycles. The van der Waals surface area contributed by atoms with Crippen LogP contribution in [0.2, 0.25) is 0 Å². The van der Waals surface area contributed by atoms with E-state index in [9.17, 15) is 9.59 Å². The molecule has 0 aromatic heterocycles. The van der Waals surface area contributed by atoms with E-state index >= 15 is 0 Å². The van der Waals surface area contributed by atoms with Gasteiger partial charge in [0, 0.05) is 11.6 Å². The van der Waals surface area contributed by atoms with Crippen molar-refractivity contribution in [2.24, 2.45) is 0 Å². The van der Waals surface area contributed by atoms with Crippen LogP contribution in [0.3, 0.4) is 0 Å². The van der Waals surface area contributed by atoms with Crippen LogP contribution in [-0.2, 0) is 16.2 Å². The van der Waals surface area contributed by atoms with E-state index in [1.54, 1.807) is 6.08 Å². The first-order valence-electron chi connectivity index (χ1n) is 8.85. The zero-order valence-electron chi connectivity index (χ0n) is 16.0. The van der Waals surface area contributed by atoms with Gasteiger partial charge in [0.2, 0.25) is 11.8 Å². The van der Waals surface area contributed by atoms with Crippen LogP contribution in [0.25, 0.3) is 6.08 Å². The fourth-order valence-corrected chi connectivity index (χ4v) is 2.28. The molecule has 2 amide bonds. The summed E-state index contributed by atoms with van der Waals surface area (Å²) >= 11 is 0. The number of rotatable bonds is 7. The van der Waals surface area contributed by atoms with Gasteiger partial charge in [0.25, 0.3) is 0 Å². The topological polar surface area (TPSA) is 67.4 Å². The average Bonchev–Trinajstić information content (AvgIpc) is 2.63. The lowest BCUT2D eigenvalue weighted by molar-refractivity contribution is -0.124. The molecule has 2 N–H and O–H groups in total. The first kappa shape index (κ1) is 20.2. The Morgan fingerprint density at radius 2 is 1.67 bits per heavy atom. The molecule has 2 aromatic carbocycles. The highest BCUT2D eigenvalue weighted by Gasteiger charge is 2.13. The third-order valence-electron chi connectivity index (χ3n) is 3.49. The van der Waals surface area contributed by atoms with Crippen molar-refractivity contribution in [3.63, 3.8) is 0 Å². The quantitative estimate of drug-likeness (QED) is 0.739. The Morgan fingerprint density at radius 3 is 2.30 bits per heavy atom. The molecule has 0 fully saturated rings. The lowest BCUT2D eigenvalue weighted by atomic mass is 10.1. The van der Waals surface area contributed by atoms with Crippen molar-refractivity contribution < 1.29 is 14.3 Å². The third kappa shape index (κ3) is 8.23. The highest BCUT2D eigenvalue weighted by atomic mass is 16.5. The fourth-order valence-electron chi connectivity index (χ4n) is 2.28. The number of amides is 2. The van der Waals surface area contributed by atoms with E-state index < -0.39 is 0 Å². The Kier molecular flexibility index (Phi) is 7.17. The van der Waals surface area contributed by atoms with Crippen LogP contribution in [0.5, 0.6) is 5.75 Å². The highest BCUT2D eigenvalue weighted by molar-refractivity contribution is 5.94. The summed E-state index contributed by atoms with van der Waals surface area (Å²) in [5.74, 6) is 0.229. The van der Waals surface area contributed by atoms with Gasteiger partial charge >= 0.3 is 0 Å². The zero-order chi connectivity index (χ0) is 19.7. The molecule has 0 spiro atoms. The summed E-state index contributed by atoms with van der Waals surface area (Å²) in [4.78, 5) is 23.5. The number of nitrogens with one attached hydrogen (secondary N) is 2. The van der Waals surface area contributed by atoms with E-state index in [4.69, 9.17) is 4.74 Å². The minimum atomic E-state index is -0.317. The maximum absolute atomic E-state index is 11.8. The van der Waals surface area contributed by atoms with Gasteiger partial charge in [0.1, 0.15) is 12.4 Å². The number of carbonyl (C=O) groups is 2. The molecule has 2 rings (SSSR count). The molecule has 0 atom stereocenters. The van der Waals surface area contributed by atoms with Gasteiger partial charge in [-0.15, -0.1) is 0 Å². The monoisotopic (exact) mass is 366 g/mol. The van der Waals surface area contributed by atoms with Crippen LogP contribution in [-0.4, -0.2) is 23.9 Å². The lowest BCUT2D eigenvalue weighted by Gasteiger charge is -2.20. The maximum Gasteiger partial charge on any atom is 0.244 e. The summed E-state index contributed by atoms with van der Waals surface area (Å²) in [6, 6.07) is 17.4. The molecule has 0 saturated carbocycles. The molecule has 0 aliphatic rings. The van der Waals surface area contributed by atoms with Crippen molar-refractivity contribution in [3.8, 4) is 5.75 Å². The molecule has 0 bridgehead atoms. The van der Waals surface area contributed by atoms with Gasteiger partial charge in [-0.2, -0.15) is 0 Å². The van der Waals surface area contributed by atoms with Gasteiger partial charge < -0.3 is 15.4 Å². The Morgan fingerprint density at radius 1 is 1.00 bits per heavy atom. The van der Waals surface area contributed by atoms with E-state index in [1.165, 1.54) is 6.08 Å². The fraction of sp³-hybridized carbons (Fsp3) is 0.273. The van der Waals surface area contributed by atoms with Crippen molar-refractivity contribution in [2.75, 3.05) is 6.54 Å². The summed E-state index contributed by atoms with van der Waals surface area (Å²) in [7, 11) is 0. The number of hydrogen-bond donors (Lipinski definition) is 2. The second-order valence-corrected chi connectivity index (χ2v) is 7.19. The predicted molar refractivity (Wildman–Crippen MR) is 107 cm³/mol. The van der Waals surface area contributed by atoms with Crippen molar-refractivity contribution in [2.45, 2.75) is 32.9 Å². The minimum Gasteiger partial charge on any atom is -0.489 e. The SMILES string of the molecule is CC(C)(C)NC(=O)CNC(=O)/C=C/c1ccc(OCc2ccccc2)cc1. The van der Waals surface area contributed by atoms with Crippen molar-refractivity contribution in [1.29, 1.82) is 0 Å². The summed E-state index contributed by atoms with van der Waals surface area (Å²) in [5.41, 5.74) is 1.66. The molecule has 0 aliphatic carbocycles. The molecule has 142 valence electrons. The molecule has 0 saturated heterocycles. The molecular weight excluding hydrogens is 340 g/mol. The zero-order valence-corrected chi connectivity index (χ0v) is 16.0. The molecule has 0 aliphatic heterocycles. The van der Waals surface area contributed by atoms with Crippen LogP contribution in [0.4, 0.5) is 0 Å². The maximum atomic E-state index is 11.8. The van der Waals surface area contributed by atoms with E-state index in [0.717, 1.165) is 16.9 Å². The van der Waals surface area contributed by atoms with Gasteiger partial charge in [-0.3, -0.25) is 9.59 Å². The van der Waals surface area contributed by atoms with Crippen LogP contribution in [0, 0.1) is 0 Å². The molecule has 5 nitrogen and oxygen atoms in total. The summed E-state index contributed by atoms with van der Waals surface area (Å²) < 4.78 is 5.73. The smallest absolute Gasteiger partial charge is 0.244 e. The lowest BCUT2D eigenvalue weighted by Crippen LogP contribution is -2.45. The Balaban J connectivity index is 1.77. The van der Waals surface area contributed by atoms with E-state index in [2.05, 4.69) is 10.6 Å². The van der Waals surface area contributed by atoms with Crippen LogP contribution >= 0.6 is 0 Å². The summed E-state index contributed by atoms with van der Waals surface area (Å²) in [5, 5.41) is 5.35. The minimum absolute atomic E-state index is 0.0489. The van der Waals surface area contributed by atoms with E-state index in [1.807, 2.05) is 75.4 Å². The number of benzene rings is 2. The normalized spacial score (nSPS) is 11.2. The highest BCUT2D eigenvalue weighted by Crippen LogP contribution is 2.15. The summed E-state index contributed by atoms with van der Waals surface area (Å²) in [6.45, 7) is 6.13. The van der Waals surface area contributed by atoms with Gasteiger partial charge in [-0.05, 0) is 50.1 Å². The Labute approximate surface area is 160 Å². The Hall–Kier alpha value is -3.08. The third-order valence-corrected chi connectivity index (χ3v) is 3.49. The number of carbonyl (C=O) groups excluding carboxylic acids is 2. The molecule has 27 heavy (non-hydrogen) atoms. The first-order chi connectivity index (χ1) is 12.8. The predicted octanol–water partition coefficient (Wildman–Crippen LogP) is 3.31. The van der Waals surface area contributed by atoms with Gasteiger partial charge in [0.05, 0.1) is 6.54 Å². The van der Waals surface area contributed by atoms with Crippen molar-refractivity contribution >= 4 is 17.9 Å². The van der Waals surface area contributed by atoms with Crippen LogP contribution in [0.15, 0.2) is 60.7 Å². The second-order valence-electron chi connectivity index (χ2n) is 7.19. The first-order valence-corrected chi connectivity index (χ1v) is 8.85. The standard InChI is InChI=1S/C22H26N2O3/c1-22(2,3)24-21(26)15-23-20(25)14-11-17-9-12-19(13-10-17)27-16-18-7-5-4-6-8-18/h4-14H,15-16H2,1-3H3,(H,23,25)(H,24,26)/b14-11+. The Bertz CT molecular complexity index is 775. The van der Waals surface area contributed by atoms with Gasteiger partial charge in [-0.1, -0.05) is 42.5 Å². The van der Waals surface area contributed by atoms with Gasteiger partial charge in [-0.25, -0.2) is 0 Å². The van der Waals surface area contributed by atoms with Crippen LogP contribution < -0.4 is 15.4 Å². The van der Waals surface area contributed by atoms with Gasteiger partial charge in [0.15, 0.2) is 0 Å². The number of hydrogen-bond acceptors (Lipinski definition) is 3. The largest absolute Gasteiger partial charge is 0.489 e. The molecular formula is C22H26N2O3. The number of ether oxygens (including phenoxy) is 1. The van der Waals surface area contributed by atoms with E-state index in [0.29, 0.717) is 6.61 Å². The molecule has 5 heteroatoms. The summed E-state index contributed by atoms with van der Waals surface area (Å²) in [6.07, 6.45) is 3.10. The molecule has 0 radical (unpaired) electrons. The average molecular weight is 366 g/mol. The second kappa shape index (κ2) is 9.57. The van der Waals surface area contributed by atoms with Crippen LogP contribution in [0.1, 0.15) is 31.9 Å². The molecule has 2 aromatic rings. The van der Waals surface area contributed by atoms with E-state index in [-0.39, 0.29) is 23.9 Å². The van der Waals surface area contributed by atoms with Crippen molar-refractivity contribution in [3.05, 3.63) is 71.8 Å². The molecule has 0 unspecified atom stereocenters.